The van der Waals surface area contributed by atoms with Crippen LogP contribution in [0.25, 0.3) is 0 Å². The maximum atomic E-state index is 5.57. The molecule has 1 aliphatic heterocycles. The predicted molar refractivity (Wildman–Crippen MR) is 51.0 cm³/mol. The molecule has 0 atom stereocenters. The zero-order valence-electron chi connectivity index (χ0n) is 5.76. The summed E-state index contributed by atoms with van der Waals surface area (Å²) < 4.78 is 1.10. The van der Waals surface area contributed by atoms with Crippen LogP contribution in [0, 0.1) is 0 Å². The molecular formula is C7H9IN2. The van der Waals surface area contributed by atoms with Crippen LogP contribution in [-0.4, -0.2) is 5.01 Å². The third-order valence-electron chi connectivity index (χ3n) is 1.28. The Morgan fingerprint density at radius 2 is 2.30 bits per heavy atom. The first-order valence-corrected chi connectivity index (χ1v) is 3.98. The van der Waals surface area contributed by atoms with Crippen molar-refractivity contribution in [3.8, 4) is 0 Å². The van der Waals surface area contributed by atoms with E-state index in [-0.39, 0.29) is 0 Å². The third-order valence-corrected chi connectivity index (χ3v) is 2.22. The van der Waals surface area contributed by atoms with Crippen molar-refractivity contribution in [1.82, 2.24) is 5.01 Å². The second kappa shape index (κ2) is 2.75. The van der Waals surface area contributed by atoms with E-state index in [2.05, 4.69) is 29.2 Å². The van der Waals surface area contributed by atoms with Crippen LogP contribution in [0.4, 0.5) is 0 Å². The van der Waals surface area contributed by atoms with Gasteiger partial charge < -0.3 is 0 Å². The van der Waals surface area contributed by atoms with Gasteiger partial charge in [0.15, 0.2) is 0 Å². The summed E-state index contributed by atoms with van der Waals surface area (Å²) in [7, 11) is 0. The Morgan fingerprint density at radius 1 is 1.70 bits per heavy atom. The average Bonchev–Trinajstić information content (AvgIpc) is 1.82. The van der Waals surface area contributed by atoms with Gasteiger partial charge in [0, 0.05) is 9.78 Å². The molecule has 0 radical (unpaired) electrons. The topological polar surface area (TPSA) is 29.3 Å². The van der Waals surface area contributed by atoms with E-state index in [1.807, 2.05) is 19.2 Å². The molecule has 0 saturated heterocycles. The van der Waals surface area contributed by atoms with Gasteiger partial charge in [-0.15, -0.1) is 0 Å². The van der Waals surface area contributed by atoms with Crippen molar-refractivity contribution >= 4 is 22.6 Å². The number of hydrazine groups is 1. The molecule has 54 valence electrons. The SMILES string of the molecule is C=C1C(I)=CC(C)=CN1N. The van der Waals surface area contributed by atoms with Crippen molar-refractivity contribution in [2.75, 3.05) is 0 Å². The first kappa shape index (κ1) is 7.81. The molecule has 0 saturated carbocycles. The van der Waals surface area contributed by atoms with Gasteiger partial charge in [-0.1, -0.05) is 6.58 Å². The third kappa shape index (κ3) is 1.41. The van der Waals surface area contributed by atoms with Crippen molar-refractivity contribution < 1.29 is 0 Å². The summed E-state index contributed by atoms with van der Waals surface area (Å²) in [6, 6.07) is 0. The Labute approximate surface area is 74.2 Å². The molecule has 0 fully saturated rings. The Morgan fingerprint density at radius 3 is 2.80 bits per heavy atom. The quantitative estimate of drug-likeness (QED) is 0.524. The molecule has 1 aliphatic rings. The number of halogens is 1. The molecule has 2 N–H and O–H groups in total. The van der Waals surface area contributed by atoms with Crippen LogP contribution in [-0.2, 0) is 0 Å². The summed E-state index contributed by atoms with van der Waals surface area (Å²) >= 11 is 2.21. The van der Waals surface area contributed by atoms with E-state index in [4.69, 9.17) is 5.84 Å². The van der Waals surface area contributed by atoms with Crippen molar-refractivity contribution in [3.63, 3.8) is 0 Å². The van der Waals surface area contributed by atoms with Crippen molar-refractivity contribution in [3.05, 3.63) is 33.7 Å². The van der Waals surface area contributed by atoms with Crippen molar-refractivity contribution in [1.29, 1.82) is 0 Å². The maximum absolute atomic E-state index is 5.57. The smallest absolute Gasteiger partial charge is 0.0630 e. The van der Waals surface area contributed by atoms with Crippen LogP contribution in [0.15, 0.2) is 33.7 Å². The Balaban J connectivity index is 2.95. The van der Waals surface area contributed by atoms with Gasteiger partial charge in [0.05, 0.1) is 5.70 Å². The molecular weight excluding hydrogens is 239 g/mol. The second-order valence-corrected chi connectivity index (χ2v) is 3.38. The second-order valence-electron chi connectivity index (χ2n) is 2.22. The molecule has 0 aromatic rings. The number of nitrogens with zero attached hydrogens (tertiary/aromatic N) is 1. The molecule has 0 aliphatic carbocycles. The molecule has 10 heavy (non-hydrogen) atoms. The molecule has 0 spiro atoms. The van der Waals surface area contributed by atoms with Crippen LogP contribution in [0.3, 0.4) is 0 Å². The van der Waals surface area contributed by atoms with Gasteiger partial charge in [0.2, 0.25) is 0 Å². The number of rotatable bonds is 0. The molecule has 1 heterocycles. The number of hydrogen-bond acceptors (Lipinski definition) is 2. The molecule has 0 aromatic heterocycles. The van der Waals surface area contributed by atoms with E-state index in [0.717, 1.165) is 14.8 Å². The van der Waals surface area contributed by atoms with Crippen LogP contribution >= 0.6 is 22.6 Å². The van der Waals surface area contributed by atoms with Crippen molar-refractivity contribution in [2.45, 2.75) is 6.92 Å². The maximum Gasteiger partial charge on any atom is 0.0630 e. The first-order chi connectivity index (χ1) is 4.61. The average molecular weight is 248 g/mol. The molecule has 0 bridgehead atoms. The predicted octanol–water partition coefficient (Wildman–Crippen LogP) is 1.91. The molecule has 0 aromatic carbocycles. The van der Waals surface area contributed by atoms with E-state index in [0.29, 0.717) is 0 Å². The largest absolute Gasteiger partial charge is 0.286 e. The lowest BCUT2D eigenvalue weighted by Crippen LogP contribution is -2.25. The summed E-state index contributed by atoms with van der Waals surface area (Å²) in [6.45, 7) is 5.80. The van der Waals surface area contributed by atoms with Gasteiger partial charge in [-0.3, -0.25) is 5.01 Å². The summed E-state index contributed by atoms with van der Waals surface area (Å²) in [6.07, 6.45) is 3.90. The van der Waals surface area contributed by atoms with E-state index in [1.165, 1.54) is 5.01 Å². The van der Waals surface area contributed by atoms with E-state index in [9.17, 15) is 0 Å². The minimum absolute atomic E-state index is 0.853. The highest BCUT2D eigenvalue weighted by molar-refractivity contribution is 14.1. The molecule has 1 rings (SSSR count). The summed E-state index contributed by atoms with van der Waals surface area (Å²) in [5.74, 6) is 5.57. The van der Waals surface area contributed by atoms with Gasteiger partial charge in [-0.2, -0.15) is 0 Å². The zero-order chi connectivity index (χ0) is 7.72. The monoisotopic (exact) mass is 248 g/mol. The fraction of sp³-hybridized carbons (Fsp3) is 0.143. The Kier molecular flexibility index (Phi) is 2.15. The lowest BCUT2D eigenvalue weighted by molar-refractivity contribution is 0.502. The van der Waals surface area contributed by atoms with Gasteiger partial charge in [-0.25, -0.2) is 5.84 Å². The Bertz CT molecular complexity index is 228. The van der Waals surface area contributed by atoms with E-state index < -0.39 is 0 Å². The molecule has 3 heteroatoms. The normalized spacial score (nSPS) is 18.7. The molecule has 0 unspecified atom stereocenters. The van der Waals surface area contributed by atoms with E-state index >= 15 is 0 Å². The molecule has 0 amide bonds. The van der Waals surface area contributed by atoms with Crippen LogP contribution in [0.5, 0.6) is 0 Å². The van der Waals surface area contributed by atoms with Crippen LogP contribution in [0.1, 0.15) is 6.92 Å². The highest BCUT2D eigenvalue weighted by Gasteiger charge is 2.08. The first-order valence-electron chi connectivity index (χ1n) is 2.90. The lowest BCUT2D eigenvalue weighted by atomic mass is 10.2. The lowest BCUT2D eigenvalue weighted by Gasteiger charge is -2.20. The number of hydrogen-bond donors (Lipinski definition) is 1. The summed E-state index contributed by atoms with van der Waals surface area (Å²) in [4.78, 5) is 0. The summed E-state index contributed by atoms with van der Waals surface area (Å²) in [5, 5.41) is 1.54. The number of nitrogens with two attached hydrogens (primary N) is 1. The fourth-order valence-corrected chi connectivity index (χ4v) is 1.51. The Hall–Kier alpha value is -0.290. The van der Waals surface area contributed by atoms with Gasteiger partial charge in [-0.05, 0) is 41.2 Å². The van der Waals surface area contributed by atoms with Gasteiger partial charge in [0.1, 0.15) is 0 Å². The molecule has 2 nitrogen and oxygen atoms in total. The minimum atomic E-state index is 0.853. The zero-order valence-corrected chi connectivity index (χ0v) is 7.92. The number of allylic oxidation sites excluding steroid dienone is 3. The van der Waals surface area contributed by atoms with Gasteiger partial charge in [0.25, 0.3) is 0 Å². The van der Waals surface area contributed by atoms with E-state index in [1.54, 1.807) is 0 Å². The van der Waals surface area contributed by atoms with Crippen LogP contribution in [0.2, 0.25) is 0 Å². The minimum Gasteiger partial charge on any atom is -0.286 e. The van der Waals surface area contributed by atoms with Crippen molar-refractivity contribution in [2.24, 2.45) is 5.84 Å². The summed E-state index contributed by atoms with van der Waals surface area (Å²) in [5.41, 5.74) is 2.01. The standard InChI is InChI=1S/C7H9IN2/c1-5-3-7(8)6(2)10(9)4-5/h3-4H,2,9H2,1H3. The highest BCUT2D eigenvalue weighted by atomic mass is 127. The fourth-order valence-electron chi connectivity index (χ4n) is 0.741. The van der Waals surface area contributed by atoms with Gasteiger partial charge >= 0.3 is 0 Å². The highest BCUT2D eigenvalue weighted by Crippen LogP contribution is 2.24. The van der Waals surface area contributed by atoms with Crippen LogP contribution < -0.4 is 5.84 Å².